The zero-order valence-corrected chi connectivity index (χ0v) is 23.1. The van der Waals surface area contributed by atoms with Crippen molar-refractivity contribution >= 4 is 0 Å². The summed E-state index contributed by atoms with van der Waals surface area (Å²) >= 11 is 0. The van der Waals surface area contributed by atoms with Crippen LogP contribution in [0.5, 0.6) is 0 Å². The van der Waals surface area contributed by atoms with Crippen molar-refractivity contribution in [2.45, 2.75) is 124 Å². The van der Waals surface area contributed by atoms with Crippen LogP contribution in [0.25, 0.3) is 0 Å². The van der Waals surface area contributed by atoms with Gasteiger partial charge in [0.05, 0.1) is 19.3 Å². The molecule has 198 valence electrons. The molecule has 1 fully saturated rings. The number of hydrogen-bond donors (Lipinski definition) is 1. The fraction of sp³-hybridized carbons (Fsp3) is 1.00. The van der Waals surface area contributed by atoms with Gasteiger partial charge in [-0.25, -0.2) is 0 Å². The van der Waals surface area contributed by atoms with Crippen LogP contribution in [0.15, 0.2) is 0 Å². The lowest BCUT2D eigenvalue weighted by Crippen LogP contribution is -2.48. The normalized spacial score (nSPS) is 19.1. The first-order chi connectivity index (χ1) is 16.2. The Morgan fingerprint density at radius 3 is 2.24 bits per heavy atom. The van der Waals surface area contributed by atoms with Gasteiger partial charge in [0.15, 0.2) is 0 Å². The summed E-state index contributed by atoms with van der Waals surface area (Å²) in [6, 6.07) is 0. The molecular weight excluding hydrogens is 408 g/mol. The average molecular weight is 469 g/mol. The third-order valence-corrected chi connectivity index (χ3v) is 7.48. The van der Waals surface area contributed by atoms with E-state index in [2.05, 4.69) is 37.9 Å². The molecule has 3 atom stereocenters. The topological polar surface area (TPSA) is 33.7 Å². The minimum atomic E-state index is 0.327. The van der Waals surface area contributed by atoms with Gasteiger partial charge in [0.1, 0.15) is 0 Å². The average Bonchev–Trinajstić information content (AvgIpc) is 2.84. The molecule has 33 heavy (non-hydrogen) atoms. The van der Waals surface area contributed by atoms with Crippen LogP contribution >= 0.6 is 0 Å². The summed E-state index contributed by atoms with van der Waals surface area (Å²) in [4.78, 5) is 2.53. The molecule has 1 aliphatic heterocycles. The second-order valence-electron chi connectivity index (χ2n) is 10.5. The minimum absolute atomic E-state index is 0.327. The van der Waals surface area contributed by atoms with Gasteiger partial charge in [0.25, 0.3) is 0 Å². The Bertz CT molecular complexity index is 407. The number of nitrogens with zero attached hydrogens (tertiary/aromatic N) is 1. The standard InChI is InChI=1S/C29H60N2O2/c1-5-9-12-13-14-17-28(16-11-7-3)24-30-25-29-26-31(20-23-33-29)19-22-32-21-18-27(8-4)15-10-6-2/h27-30H,5-26H2,1-4H3/t27?,28?,29-/m1/s1. The summed E-state index contributed by atoms with van der Waals surface area (Å²) in [7, 11) is 0. The zero-order chi connectivity index (χ0) is 24.0. The van der Waals surface area contributed by atoms with E-state index in [1.54, 1.807) is 0 Å². The van der Waals surface area contributed by atoms with Crippen LogP contribution in [0.3, 0.4) is 0 Å². The Morgan fingerprint density at radius 1 is 0.818 bits per heavy atom. The fourth-order valence-corrected chi connectivity index (χ4v) is 5.02. The summed E-state index contributed by atoms with van der Waals surface area (Å²) in [5.74, 6) is 1.69. The van der Waals surface area contributed by atoms with Gasteiger partial charge in [-0.2, -0.15) is 0 Å². The molecule has 1 rings (SSSR count). The molecule has 0 bridgehead atoms. The van der Waals surface area contributed by atoms with Crippen LogP contribution in [-0.2, 0) is 9.47 Å². The van der Waals surface area contributed by atoms with Gasteiger partial charge >= 0.3 is 0 Å². The Balaban J connectivity index is 2.16. The van der Waals surface area contributed by atoms with Gasteiger partial charge in [-0.3, -0.25) is 4.90 Å². The van der Waals surface area contributed by atoms with Gasteiger partial charge in [-0.05, 0) is 37.6 Å². The van der Waals surface area contributed by atoms with Crippen molar-refractivity contribution < 1.29 is 9.47 Å². The molecule has 4 nitrogen and oxygen atoms in total. The monoisotopic (exact) mass is 468 g/mol. The van der Waals surface area contributed by atoms with E-state index in [0.29, 0.717) is 6.10 Å². The van der Waals surface area contributed by atoms with Crippen molar-refractivity contribution in [2.24, 2.45) is 11.8 Å². The molecule has 0 amide bonds. The highest BCUT2D eigenvalue weighted by Crippen LogP contribution is 2.18. The molecule has 0 aliphatic carbocycles. The van der Waals surface area contributed by atoms with E-state index in [-0.39, 0.29) is 0 Å². The van der Waals surface area contributed by atoms with Gasteiger partial charge in [-0.1, -0.05) is 98.3 Å². The van der Waals surface area contributed by atoms with E-state index >= 15 is 0 Å². The first-order valence-electron chi connectivity index (χ1n) is 14.9. The van der Waals surface area contributed by atoms with E-state index in [0.717, 1.165) is 64.4 Å². The molecule has 1 heterocycles. The Kier molecular flexibility index (Phi) is 20.9. The van der Waals surface area contributed by atoms with E-state index in [4.69, 9.17) is 9.47 Å². The Hall–Kier alpha value is -0.160. The highest BCUT2D eigenvalue weighted by atomic mass is 16.5. The molecular formula is C29H60N2O2. The van der Waals surface area contributed by atoms with E-state index in [1.807, 2.05) is 0 Å². The van der Waals surface area contributed by atoms with Crippen LogP contribution in [0, 0.1) is 11.8 Å². The molecule has 0 aromatic carbocycles. The summed E-state index contributed by atoms with van der Waals surface area (Å²) < 4.78 is 12.1. The lowest BCUT2D eigenvalue weighted by molar-refractivity contribution is -0.0356. The molecule has 0 aromatic rings. The van der Waals surface area contributed by atoms with Crippen molar-refractivity contribution in [1.82, 2.24) is 10.2 Å². The second kappa shape index (κ2) is 22.3. The summed E-state index contributed by atoms with van der Waals surface area (Å²) in [6.07, 6.45) is 19.3. The maximum Gasteiger partial charge on any atom is 0.0826 e. The highest BCUT2D eigenvalue weighted by molar-refractivity contribution is 4.74. The summed E-state index contributed by atoms with van der Waals surface area (Å²) in [6.45, 7) is 17.2. The van der Waals surface area contributed by atoms with Gasteiger partial charge < -0.3 is 14.8 Å². The molecule has 2 unspecified atom stereocenters. The molecule has 0 aromatic heterocycles. The molecule has 1 aliphatic rings. The predicted octanol–water partition coefficient (Wildman–Crippen LogP) is 7.07. The quantitative estimate of drug-likeness (QED) is 0.163. The smallest absolute Gasteiger partial charge is 0.0826 e. The summed E-state index contributed by atoms with van der Waals surface area (Å²) in [5, 5.41) is 3.77. The van der Waals surface area contributed by atoms with Crippen molar-refractivity contribution in [3.05, 3.63) is 0 Å². The van der Waals surface area contributed by atoms with Gasteiger partial charge in [0, 0.05) is 32.8 Å². The van der Waals surface area contributed by atoms with Crippen LogP contribution in [0.4, 0.5) is 0 Å². The highest BCUT2D eigenvalue weighted by Gasteiger charge is 2.20. The SMILES string of the molecule is CCCCCCCC(CCCC)CNC[C@@H]1CN(CCOCCC(CC)CCCC)CCO1. The fourth-order valence-electron chi connectivity index (χ4n) is 5.02. The van der Waals surface area contributed by atoms with E-state index < -0.39 is 0 Å². The lowest BCUT2D eigenvalue weighted by Gasteiger charge is -2.33. The number of ether oxygens (including phenoxy) is 2. The van der Waals surface area contributed by atoms with Gasteiger partial charge in [-0.15, -0.1) is 0 Å². The maximum absolute atomic E-state index is 6.06. The number of hydrogen-bond acceptors (Lipinski definition) is 4. The van der Waals surface area contributed by atoms with Crippen LogP contribution in [0.2, 0.25) is 0 Å². The zero-order valence-electron chi connectivity index (χ0n) is 23.1. The Morgan fingerprint density at radius 2 is 1.52 bits per heavy atom. The van der Waals surface area contributed by atoms with E-state index in [9.17, 15) is 0 Å². The molecule has 1 saturated heterocycles. The number of rotatable bonds is 23. The number of nitrogens with one attached hydrogen (secondary N) is 1. The third-order valence-electron chi connectivity index (χ3n) is 7.48. The lowest BCUT2D eigenvalue weighted by atomic mass is 9.95. The van der Waals surface area contributed by atoms with Crippen LogP contribution in [-0.4, -0.2) is 63.5 Å². The first kappa shape index (κ1) is 30.9. The molecule has 4 heteroatoms. The minimum Gasteiger partial charge on any atom is -0.380 e. The van der Waals surface area contributed by atoms with Crippen molar-refractivity contribution in [1.29, 1.82) is 0 Å². The molecule has 0 saturated carbocycles. The first-order valence-corrected chi connectivity index (χ1v) is 14.9. The third kappa shape index (κ3) is 17.0. The number of morpholine rings is 1. The van der Waals surface area contributed by atoms with E-state index in [1.165, 1.54) is 89.9 Å². The molecule has 0 spiro atoms. The maximum atomic E-state index is 6.06. The van der Waals surface area contributed by atoms with Crippen molar-refractivity contribution in [3.63, 3.8) is 0 Å². The van der Waals surface area contributed by atoms with Crippen molar-refractivity contribution in [3.8, 4) is 0 Å². The predicted molar refractivity (Wildman–Crippen MR) is 144 cm³/mol. The molecule has 1 N–H and O–H groups in total. The second-order valence-corrected chi connectivity index (χ2v) is 10.5. The van der Waals surface area contributed by atoms with Crippen molar-refractivity contribution in [2.75, 3.05) is 52.5 Å². The largest absolute Gasteiger partial charge is 0.380 e. The molecule has 0 radical (unpaired) electrons. The number of unbranched alkanes of at least 4 members (excludes halogenated alkanes) is 6. The Labute approximate surface area is 207 Å². The van der Waals surface area contributed by atoms with Gasteiger partial charge in [0.2, 0.25) is 0 Å². The summed E-state index contributed by atoms with van der Waals surface area (Å²) in [5.41, 5.74) is 0. The van der Waals surface area contributed by atoms with Crippen LogP contribution in [0.1, 0.15) is 118 Å². The van der Waals surface area contributed by atoms with Crippen LogP contribution < -0.4 is 5.32 Å².